The lowest BCUT2D eigenvalue weighted by Crippen LogP contribution is -2.46. The highest BCUT2D eigenvalue weighted by atomic mass is 19.1. The third-order valence-electron chi connectivity index (χ3n) is 6.57. The van der Waals surface area contributed by atoms with Crippen LogP contribution >= 0.6 is 0 Å². The minimum Gasteiger partial charge on any atom is -0.478 e. The predicted octanol–water partition coefficient (Wildman–Crippen LogP) is 3.72. The highest BCUT2D eigenvalue weighted by Crippen LogP contribution is 2.33. The summed E-state index contributed by atoms with van der Waals surface area (Å²) in [6.45, 7) is 7.60. The summed E-state index contributed by atoms with van der Waals surface area (Å²) in [5, 5.41) is 31.2. The van der Waals surface area contributed by atoms with Crippen LogP contribution < -0.4 is 4.90 Å². The van der Waals surface area contributed by atoms with E-state index in [0.717, 1.165) is 56.9 Å². The number of hydrogen-bond donors (Lipinski definition) is 4. The number of likely N-dealkylation sites (N-methyl/N-ethyl adjacent to an activating group) is 1. The fraction of sp³-hybridized carbons (Fsp3) is 0.367. The highest BCUT2D eigenvalue weighted by molar-refractivity contribution is 5.90. The molecule has 1 aliphatic heterocycles. The number of pyridine rings is 1. The number of nitrogens with zero attached hydrogens (tertiary/aromatic N) is 3. The second kappa shape index (κ2) is 17.3. The third-order valence-corrected chi connectivity index (χ3v) is 6.57. The SMILES string of the molecule is CCN1CCN(c2cc(-c3ccc(F)cc3)c3c(n2)CCCCC3)CC1.O=C(O)/C=C\C(=O)O.O=C(O)/C=C\C(=O)O. The molecule has 4 rings (SSSR count). The molecule has 1 aromatic heterocycles. The highest BCUT2D eigenvalue weighted by Gasteiger charge is 2.21. The maximum Gasteiger partial charge on any atom is 0.328 e. The molecule has 0 saturated carbocycles. The Bertz CT molecular complexity index is 1220. The number of carboxylic acids is 4. The van der Waals surface area contributed by atoms with E-state index in [0.29, 0.717) is 24.3 Å². The van der Waals surface area contributed by atoms with Crippen LogP contribution in [-0.2, 0) is 32.0 Å². The lowest BCUT2D eigenvalue weighted by Gasteiger charge is -2.35. The van der Waals surface area contributed by atoms with Crippen LogP contribution in [0.1, 0.15) is 37.4 Å². The quantitative estimate of drug-likeness (QED) is 0.276. The largest absolute Gasteiger partial charge is 0.478 e. The number of carboxylic acid groups (broad SMARTS) is 4. The molecule has 2 aliphatic rings. The van der Waals surface area contributed by atoms with Gasteiger partial charge < -0.3 is 30.2 Å². The average molecular weight is 586 g/mol. The Balaban J connectivity index is 0.000000319. The van der Waals surface area contributed by atoms with E-state index in [4.69, 9.17) is 25.4 Å². The maximum absolute atomic E-state index is 13.4. The molecule has 4 N–H and O–H groups in total. The van der Waals surface area contributed by atoms with Gasteiger partial charge in [0.05, 0.1) is 0 Å². The minimum absolute atomic E-state index is 0.176. The molecule has 12 heteroatoms. The number of aromatic nitrogens is 1. The molecule has 11 nitrogen and oxygen atoms in total. The minimum atomic E-state index is -1.26. The van der Waals surface area contributed by atoms with E-state index in [1.807, 2.05) is 12.1 Å². The topological polar surface area (TPSA) is 169 Å². The second-order valence-electron chi connectivity index (χ2n) is 9.46. The predicted molar refractivity (Wildman–Crippen MR) is 154 cm³/mol. The van der Waals surface area contributed by atoms with Crippen LogP contribution in [0.2, 0.25) is 0 Å². The number of aryl methyl sites for hydroxylation is 1. The Labute approximate surface area is 243 Å². The fourth-order valence-corrected chi connectivity index (χ4v) is 4.49. The number of carbonyl (C=O) groups is 4. The summed E-state index contributed by atoms with van der Waals surface area (Å²) in [6, 6.07) is 9.21. The van der Waals surface area contributed by atoms with E-state index in [2.05, 4.69) is 22.8 Å². The summed E-state index contributed by atoms with van der Waals surface area (Å²) < 4.78 is 13.4. The number of piperazine rings is 1. The van der Waals surface area contributed by atoms with Crippen molar-refractivity contribution in [2.45, 2.75) is 39.0 Å². The van der Waals surface area contributed by atoms with E-state index in [1.165, 1.54) is 36.1 Å². The van der Waals surface area contributed by atoms with Crippen LogP contribution in [-0.4, -0.2) is 86.9 Å². The molecule has 226 valence electrons. The maximum atomic E-state index is 13.4. The van der Waals surface area contributed by atoms with Gasteiger partial charge in [0.25, 0.3) is 0 Å². The lowest BCUT2D eigenvalue weighted by atomic mass is 9.95. The monoisotopic (exact) mass is 585 g/mol. The average Bonchev–Trinajstić information content (AvgIpc) is 3.21. The molecule has 1 aliphatic carbocycles. The number of anilines is 1. The van der Waals surface area contributed by atoms with Crippen molar-refractivity contribution >= 4 is 29.7 Å². The van der Waals surface area contributed by atoms with Crippen molar-refractivity contribution in [3.63, 3.8) is 0 Å². The Morgan fingerprint density at radius 3 is 1.76 bits per heavy atom. The van der Waals surface area contributed by atoms with Gasteiger partial charge in [0, 0.05) is 56.2 Å². The summed E-state index contributed by atoms with van der Waals surface area (Å²) in [7, 11) is 0. The molecular formula is C30H36FN3O8. The van der Waals surface area contributed by atoms with Gasteiger partial charge >= 0.3 is 23.9 Å². The third kappa shape index (κ3) is 11.9. The summed E-state index contributed by atoms with van der Waals surface area (Å²) >= 11 is 0. The van der Waals surface area contributed by atoms with Crippen LogP contribution in [0.5, 0.6) is 0 Å². The molecule has 0 amide bonds. The van der Waals surface area contributed by atoms with Crippen LogP contribution in [0.3, 0.4) is 0 Å². The zero-order valence-corrected chi connectivity index (χ0v) is 23.4. The smallest absolute Gasteiger partial charge is 0.328 e. The number of halogens is 1. The van der Waals surface area contributed by atoms with Crippen molar-refractivity contribution < 1.29 is 44.0 Å². The van der Waals surface area contributed by atoms with E-state index in [1.54, 1.807) is 12.1 Å². The van der Waals surface area contributed by atoms with Crippen molar-refractivity contribution in [2.24, 2.45) is 0 Å². The molecular weight excluding hydrogens is 549 g/mol. The first-order valence-corrected chi connectivity index (χ1v) is 13.5. The van der Waals surface area contributed by atoms with E-state index >= 15 is 0 Å². The van der Waals surface area contributed by atoms with Crippen molar-refractivity contribution in [1.82, 2.24) is 9.88 Å². The zero-order valence-electron chi connectivity index (χ0n) is 23.4. The van der Waals surface area contributed by atoms with Crippen LogP contribution in [0.4, 0.5) is 10.2 Å². The number of fused-ring (bicyclic) bond motifs is 1. The van der Waals surface area contributed by atoms with Crippen molar-refractivity contribution in [3.8, 4) is 11.1 Å². The fourth-order valence-electron chi connectivity index (χ4n) is 4.49. The Hall–Kier alpha value is -4.58. The van der Waals surface area contributed by atoms with Crippen LogP contribution in [0, 0.1) is 5.82 Å². The van der Waals surface area contributed by atoms with Gasteiger partial charge in [-0.2, -0.15) is 0 Å². The molecule has 1 fully saturated rings. The second-order valence-corrected chi connectivity index (χ2v) is 9.46. The Morgan fingerprint density at radius 1 is 0.786 bits per heavy atom. The van der Waals surface area contributed by atoms with E-state index < -0.39 is 23.9 Å². The first-order chi connectivity index (χ1) is 20.0. The van der Waals surface area contributed by atoms with Gasteiger partial charge in [-0.25, -0.2) is 28.6 Å². The van der Waals surface area contributed by atoms with Gasteiger partial charge in [-0.3, -0.25) is 0 Å². The molecule has 1 aromatic carbocycles. The van der Waals surface area contributed by atoms with E-state index in [-0.39, 0.29) is 5.82 Å². The summed E-state index contributed by atoms with van der Waals surface area (Å²) in [5.74, 6) is -4.11. The summed E-state index contributed by atoms with van der Waals surface area (Å²) in [4.78, 5) is 48.2. The number of benzene rings is 1. The van der Waals surface area contributed by atoms with Gasteiger partial charge in [0.2, 0.25) is 0 Å². The first-order valence-electron chi connectivity index (χ1n) is 13.5. The molecule has 42 heavy (non-hydrogen) atoms. The molecule has 1 saturated heterocycles. The van der Waals surface area contributed by atoms with Crippen molar-refractivity contribution in [3.05, 3.63) is 71.7 Å². The molecule has 2 heterocycles. The standard InChI is InChI=1S/C22H28FN3.2C4H4O4/c1-2-25-12-14-26(15-13-25)22-16-20(17-8-10-18(23)11-9-17)19-6-4-3-5-7-21(19)24-22;2*5-3(6)1-2-4(7)8/h8-11,16H,2-7,12-15H2,1H3;2*1-2H,(H,5,6)(H,7,8)/b;2*2-1-. The van der Waals surface area contributed by atoms with Crippen LogP contribution in [0.25, 0.3) is 11.1 Å². The molecule has 0 bridgehead atoms. The van der Waals surface area contributed by atoms with Crippen molar-refractivity contribution in [2.75, 3.05) is 37.6 Å². The van der Waals surface area contributed by atoms with Gasteiger partial charge in [-0.1, -0.05) is 25.5 Å². The molecule has 0 spiro atoms. The Kier molecular flexibility index (Phi) is 13.8. The molecule has 2 aromatic rings. The normalized spacial score (nSPS) is 15.0. The Morgan fingerprint density at radius 2 is 1.29 bits per heavy atom. The van der Waals surface area contributed by atoms with E-state index in [9.17, 15) is 23.6 Å². The number of aliphatic carboxylic acids is 4. The first kappa shape index (κ1) is 33.6. The summed E-state index contributed by atoms with van der Waals surface area (Å²) in [5.41, 5.74) is 5.01. The lowest BCUT2D eigenvalue weighted by molar-refractivity contribution is -0.134. The van der Waals surface area contributed by atoms with Gasteiger partial charge in [-0.05, 0) is 67.1 Å². The molecule has 0 atom stereocenters. The molecule has 0 unspecified atom stereocenters. The van der Waals surface area contributed by atoms with Gasteiger partial charge in [0.15, 0.2) is 0 Å². The van der Waals surface area contributed by atoms with Crippen LogP contribution in [0.15, 0.2) is 54.6 Å². The summed E-state index contributed by atoms with van der Waals surface area (Å²) in [6.07, 6.45) is 8.08. The zero-order chi connectivity index (χ0) is 31.1. The van der Waals surface area contributed by atoms with Gasteiger partial charge in [0.1, 0.15) is 11.6 Å². The number of hydrogen-bond acceptors (Lipinski definition) is 7. The number of rotatable bonds is 7. The molecule has 0 radical (unpaired) electrons. The van der Waals surface area contributed by atoms with Crippen molar-refractivity contribution in [1.29, 1.82) is 0 Å². The van der Waals surface area contributed by atoms with Gasteiger partial charge in [-0.15, -0.1) is 0 Å².